The van der Waals surface area contributed by atoms with E-state index >= 15 is 0 Å². The van der Waals surface area contributed by atoms with E-state index in [2.05, 4.69) is 4.98 Å². The van der Waals surface area contributed by atoms with E-state index in [0.29, 0.717) is 17.5 Å². The fourth-order valence-corrected chi connectivity index (χ4v) is 3.95. The lowest BCUT2D eigenvalue weighted by Gasteiger charge is -2.24. The number of aromatic nitrogens is 1. The molecule has 0 saturated heterocycles. The van der Waals surface area contributed by atoms with Crippen molar-refractivity contribution in [3.05, 3.63) is 77.5 Å². The van der Waals surface area contributed by atoms with Crippen LogP contribution >= 0.6 is 0 Å². The van der Waals surface area contributed by atoms with E-state index in [1.807, 2.05) is 13.8 Å². The van der Waals surface area contributed by atoms with Gasteiger partial charge in [-0.05, 0) is 53.1 Å². The van der Waals surface area contributed by atoms with Gasteiger partial charge in [-0.25, -0.2) is 4.98 Å². The normalized spacial score (nSPS) is 13.4. The molecule has 0 aliphatic carbocycles. The van der Waals surface area contributed by atoms with E-state index < -0.39 is 29.5 Å². The largest absolute Gasteiger partial charge is 0.433 e. The Balaban J connectivity index is 2.36. The van der Waals surface area contributed by atoms with Gasteiger partial charge in [0.15, 0.2) is 0 Å². The number of alkyl halides is 6. The first-order valence-electron chi connectivity index (χ1n) is 10.2. The number of benzene rings is 2. The minimum atomic E-state index is -4.76. The summed E-state index contributed by atoms with van der Waals surface area (Å²) in [7, 11) is 0. The Morgan fingerprint density at radius 1 is 0.750 bits per heavy atom. The molecule has 0 aliphatic rings. The molecular formula is C25H23F6N. The first-order chi connectivity index (χ1) is 14.9. The molecule has 0 aliphatic heterocycles. The summed E-state index contributed by atoms with van der Waals surface area (Å²) >= 11 is 0. The maximum absolute atomic E-state index is 14.3. The van der Waals surface area contributed by atoms with Crippen LogP contribution in [0.15, 0.2) is 60.7 Å². The topological polar surface area (TPSA) is 12.9 Å². The zero-order chi connectivity index (χ0) is 23.7. The second-order valence-corrected chi connectivity index (χ2v) is 8.29. The number of hydrogen-bond donors (Lipinski definition) is 0. The van der Waals surface area contributed by atoms with Gasteiger partial charge in [0.25, 0.3) is 0 Å². The van der Waals surface area contributed by atoms with E-state index in [9.17, 15) is 26.3 Å². The predicted octanol–water partition coefficient (Wildman–Crippen LogP) is 8.60. The monoisotopic (exact) mass is 451 g/mol. The highest BCUT2D eigenvalue weighted by Crippen LogP contribution is 2.45. The van der Waals surface area contributed by atoms with Crippen molar-refractivity contribution in [3.8, 4) is 22.4 Å². The van der Waals surface area contributed by atoms with Gasteiger partial charge in [-0.3, -0.25) is 0 Å². The van der Waals surface area contributed by atoms with E-state index in [0.717, 1.165) is 12.1 Å². The summed E-state index contributed by atoms with van der Waals surface area (Å²) in [4.78, 5) is 3.56. The zero-order valence-electron chi connectivity index (χ0n) is 17.9. The Bertz CT molecular complexity index is 1070. The van der Waals surface area contributed by atoms with Gasteiger partial charge in [-0.15, -0.1) is 0 Å². The average Bonchev–Trinajstić information content (AvgIpc) is 2.71. The lowest BCUT2D eigenvalue weighted by atomic mass is 9.83. The minimum absolute atomic E-state index is 0.0572. The number of halogens is 6. The second kappa shape index (κ2) is 8.96. The molecule has 1 unspecified atom stereocenters. The molecular weight excluding hydrogens is 428 g/mol. The van der Waals surface area contributed by atoms with E-state index in [4.69, 9.17) is 0 Å². The fourth-order valence-electron chi connectivity index (χ4n) is 3.95. The van der Waals surface area contributed by atoms with Crippen molar-refractivity contribution in [3.63, 3.8) is 0 Å². The third-order valence-corrected chi connectivity index (χ3v) is 5.23. The minimum Gasteiger partial charge on any atom is -0.243 e. The Kier molecular flexibility index (Phi) is 6.67. The van der Waals surface area contributed by atoms with Gasteiger partial charge in [0.2, 0.25) is 0 Å². The van der Waals surface area contributed by atoms with Crippen molar-refractivity contribution < 1.29 is 26.3 Å². The van der Waals surface area contributed by atoms with Crippen LogP contribution in [0.3, 0.4) is 0 Å². The SMILES string of the molecule is CC(C)CC(C)c1cc(-c2ccccc2)cc(-c2cccc(C(F)(F)F)n2)c1C(F)(F)F. The van der Waals surface area contributed by atoms with Gasteiger partial charge in [0.1, 0.15) is 5.69 Å². The van der Waals surface area contributed by atoms with Crippen LogP contribution in [-0.2, 0) is 12.4 Å². The quantitative estimate of drug-likeness (QED) is 0.354. The van der Waals surface area contributed by atoms with Gasteiger partial charge >= 0.3 is 12.4 Å². The molecule has 3 rings (SSSR count). The first-order valence-corrected chi connectivity index (χ1v) is 10.2. The molecule has 32 heavy (non-hydrogen) atoms. The molecule has 0 spiro atoms. The average molecular weight is 451 g/mol. The standard InChI is InChI=1S/C25H23F6N/c1-15(2)12-16(3)19-13-18(17-8-5-4-6-9-17)14-20(23(19)25(29,30)31)21-10-7-11-22(32-21)24(26,27)28/h4-11,13-16H,12H2,1-3H3. The molecule has 0 bridgehead atoms. The fraction of sp³-hybridized carbons (Fsp3) is 0.320. The van der Waals surface area contributed by atoms with Crippen molar-refractivity contribution in [2.45, 2.75) is 45.5 Å². The highest BCUT2D eigenvalue weighted by atomic mass is 19.4. The van der Waals surface area contributed by atoms with E-state index in [1.165, 1.54) is 18.2 Å². The maximum atomic E-state index is 14.3. The van der Waals surface area contributed by atoms with Crippen LogP contribution in [0.1, 0.15) is 49.9 Å². The van der Waals surface area contributed by atoms with Crippen molar-refractivity contribution in [2.75, 3.05) is 0 Å². The molecule has 3 aromatic rings. The molecule has 0 N–H and O–H groups in total. The molecule has 7 heteroatoms. The molecule has 2 aromatic carbocycles. The lowest BCUT2D eigenvalue weighted by Crippen LogP contribution is -2.15. The van der Waals surface area contributed by atoms with Crippen LogP contribution < -0.4 is 0 Å². The van der Waals surface area contributed by atoms with E-state index in [1.54, 1.807) is 37.3 Å². The Morgan fingerprint density at radius 3 is 1.97 bits per heavy atom. The molecule has 0 saturated carbocycles. The van der Waals surface area contributed by atoms with Crippen LogP contribution in [0.5, 0.6) is 0 Å². The predicted molar refractivity (Wildman–Crippen MR) is 113 cm³/mol. The van der Waals surface area contributed by atoms with Crippen molar-refractivity contribution in [2.24, 2.45) is 5.92 Å². The van der Waals surface area contributed by atoms with Crippen molar-refractivity contribution in [1.82, 2.24) is 4.98 Å². The number of pyridine rings is 1. The molecule has 1 nitrogen and oxygen atoms in total. The summed E-state index contributed by atoms with van der Waals surface area (Å²) in [5.41, 5.74) is -1.65. The van der Waals surface area contributed by atoms with Crippen LogP contribution in [0.2, 0.25) is 0 Å². The Morgan fingerprint density at radius 2 is 1.41 bits per heavy atom. The molecule has 1 atom stereocenters. The summed E-state index contributed by atoms with van der Waals surface area (Å²) in [5, 5.41) is 0. The Labute approximate surface area is 183 Å². The summed E-state index contributed by atoms with van der Waals surface area (Å²) in [5.74, 6) is -0.318. The van der Waals surface area contributed by atoms with Crippen molar-refractivity contribution >= 4 is 0 Å². The summed E-state index contributed by atoms with van der Waals surface area (Å²) in [6.45, 7) is 5.54. The summed E-state index contributed by atoms with van der Waals surface area (Å²) < 4.78 is 82.6. The first kappa shape index (κ1) is 23.8. The number of hydrogen-bond acceptors (Lipinski definition) is 1. The number of nitrogens with zero attached hydrogens (tertiary/aromatic N) is 1. The molecule has 1 aromatic heterocycles. The highest BCUT2D eigenvalue weighted by molar-refractivity contribution is 5.76. The Hall–Kier alpha value is -2.83. The third-order valence-electron chi connectivity index (χ3n) is 5.23. The summed E-state index contributed by atoms with van der Waals surface area (Å²) in [6, 6.07) is 14.6. The molecule has 170 valence electrons. The lowest BCUT2D eigenvalue weighted by molar-refractivity contribution is -0.141. The third kappa shape index (κ3) is 5.31. The second-order valence-electron chi connectivity index (χ2n) is 8.29. The van der Waals surface area contributed by atoms with Gasteiger partial charge < -0.3 is 0 Å². The number of rotatable bonds is 5. The van der Waals surface area contributed by atoms with Crippen LogP contribution in [0, 0.1) is 5.92 Å². The molecule has 1 heterocycles. The van der Waals surface area contributed by atoms with Gasteiger partial charge in [0.05, 0.1) is 11.3 Å². The van der Waals surface area contributed by atoms with Crippen LogP contribution in [0.4, 0.5) is 26.3 Å². The van der Waals surface area contributed by atoms with Gasteiger partial charge in [0, 0.05) is 5.56 Å². The van der Waals surface area contributed by atoms with Crippen molar-refractivity contribution in [1.29, 1.82) is 0 Å². The van der Waals surface area contributed by atoms with Crippen LogP contribution in [0.25, 0.3) is 22.4 Å². The molecule has 0 radical (unpaired) electrons. The van der Waals surface area contributed by atoms with Crippen LogP contribution in [-0.4, -0.2) is 4.98 Å². The highest BCUT2D eigenvalue weighted by Gasteiger charge is 2.39. The smallest absolute Gasteiger partial charge is 0.243 e. The van der Waals surface area contributed by atoms with Gasteiger partial charge in [-0.1, -0.05) is 63.2 Å². The molecule has 0 fully saturated rings. The summed E-state index contributed by atoms with van der Waals surface area (Å²) in [6.07, 6.45) is -9.03. The van der Waals surface area contributed by atoms with E-state index in [-0.39, 0.29) is 22.7 Å². The molecule has 0 amide bonds. The maximum Gasteiger partial charge on any atom is 0.433 e. The van der Waals surface area contributed by atoms with Gasteiger partial charge in [-0.2, -0.15) is 26.3 Å². The zero-order valence-corrected chi connectivity index (χ0v) is 17.9.